The van der Waals surface area contributed by atoms with E-state index in [-0.39, 0.29) is 0 Å². The van der Waals surface area contributed by atoms with E-state index in [0.717, 1.165) is 18.8 Å². The molecule has 1 aromatic rings. The number of rotatable bonds is 1. The summed E-state index contributed by atoms with van der Waals surface area (Å²) in [5.41, 5.74) is 1.11. The molecule has 1 aromatic carbocycles. The molecule has 1 aliphatic heterocycles. The van der Waals surface area contributed by atoms with Gasteiger partial charge in [0.05, 0.1) is 0 Å². The summed E-state index contributed by atoms with van der Waals surface area (Å²) in [7, 11) is 0. The van der Waals surface area contributed by atoms with Gasteiger partial charge in [-0.15, -0.1) is 0 Å². The highest BCUT2D eigenvalue weighted by Gasteiger charge is 2.10. The van der Waals surface area contributed by atoms with Gasteiger partial charge in [-0.3, -0.25) is 0 Å². The molecule has 69 valence electrons. The van der Waals surface area contributed by atoms with Gasteiger partial charge in [0.25, 0.3) is 0 Å². The van der Waals surface area contributed by atoms with Crippen LogP contribution >= 0.6 is 0 Å². The highest BCUT2D eigenvalue weighted by Crippen LogP contribution is 2.21. The predicted octanol–water partition coefficient (Wildman–Crippen LogP) is 2.18. The summed E-state index contributed by atoms with van der Waals surface area (Å²) in [5.74, 6) is 0.292. The molecule has 1 radical (unpaired) electrons. The van der Waals surface area contributed by atoms with Crippen molar-refractivity contribution in [3.63, 3.8) is 0 Å². The van der Waals surface area contributed by atoms with Crippen molar-refractivity contribution in [1.82, 2.24) is 0 Å². The van der Waals surface area contributed by atoms with Crippen molar-refractivity contribution in [2.75, 3.05) is 18.0 Å². The zero-order valence-corrected chi connectivity index (χ0v) is 7.66. The zero-order valence-electron chi connectivity index (χ0n) is 7.66. The molecule has 1 fully saturated rings. The monoisotopic (exact) mass is 176 g/mol. The van der Waals surface area contributed by atoms with Gasteiger partial charge in [0.1, 0.15) is 5.75 Å². The molecule has 0 amide bonds. The number of hydrogen-bond donors (Lipinski definition) is 1. The molecule has 1 N–H and O–H groups in total. The minimum Gasteiger partial charge on any atom is -0.508 e. The lowest BCUT2D eigenvalue weighted by molar-refractivity contribution is 0.475. The fourth-order valence-electron chi connectivity index (χ4n) is 1.74. The van der Waals surface area contributed by atoms with Crippen LogP contribution in [0.1, 0.15) is 19.3 Å². The van der Waals surface area contributed by atoms with Gasteiger partial charge in [-0.05, 0) is 37.5 Å². The average molecular weight is 176 g/mol. The topological polar surface area (TPSA) is 23.5 Å². The van der Waals surface area contributed by atoms with Crippen LogP contribution < -0.4 is 4.90 Å². The van der Waals surface area contributed by atoms with Crippen LogP contribution in [-0.2, 0) is 0 Å². The van der Waals surface area contributed by atoms with Crippen LogP contribution in [-0.4, -0.2) is 18.2 Å². The molecular weight excluding hydrogens is 162 g/mol. The first-order chi connectivity index (χ1) is 6.36. The molecule has 1 saturated heterocycles. The number of benzene rings is 1. The summed E-state index contributed by atoms with van der Waals surface area (Å²) in [6.45, 7) is 2.25. The largest absolute Gasteiger partial charge is 0.508 e. The number of hydrogen-bond acceptors (Lipinski definition) is 2. The highest BCUT2D eigenvalue weighted by atomic mass is 16.3. The van der Waals surface area contributed by atoms with Crippen LogP contribution in [0.15, 0.2) is 18.2 Å². The van der Waals surface area contributed by atoms with E-state index in [1.807, 2.05) is 6.07 Å². The maximum Gasteiger partial charge on any atom is 0.116 e. The summed E-state index contributed by atoms with van der Waals surface area (Å²) in [6.07, 6.45) is 3.89. The van der Waals surface area contributed by atoms with Gasteiger partial charge >= 0.3 is 0 Å². The molecule has 0 bridgehead atoms. The predicted molar refractivity (Wildman–Crippen MR) is 53.0 cm³/mol. The van der Waals surface area contributed by atoms with Crippen molar-refractivity contribution in [1.29, 1.82) is 0 Å². The second-order valence-electron chi connectivity index (χ2n) is 3.48. The molecule has 0 unspecified atom stereocenters. The Morgan fingerprint density at radius 1 is 1.15 bits per heavy atom. The number of anilines is 1. The minimum atomic E-state index is 0.292. The Morgan fingerprint density at radius 2 is 1.92 bits per heavy atom. The second kappa shape index (κ2) is 3.69. The summed E-state index contributed by atoms with van der Waals surface area (Å²) in [4.78, 5) is 2.32. The third-order valence-electron chi connectivity index (χ3n) is 2.48. The first kappa shape index (κ1) is 8.42. The Labute approximate surface area is 78.8 Å². The first-order valence-electron chi connectivity index (χ1n) is 4.82. The van der Waals surface area contributed by atoms with Crippen LogP contribution in [0, 0.1) is 6.07 Å². The van der Waals surface area contributed by atoms with Crippen molar-refractivity contribution in [3.8, 4) is 5.75 Å². The van der Waals surface area contributed by atoms with E-state index in [1.54, 1.807) is 12.1 Å². The molecule has 0 spiro atoms. The molecule has 0 saturated carbocycles. The van der Waals surface area contributed by atoms with E-state index in [1.165, 1.54) is 19.3 Å². The third-order valence-corrected chi connectivity index (χ3v) is 2.48. The molecule has 1 heterocycles. The maximum atomic E-state index is 9.11. The minimum absolute atomic E-state index is 0.292. The summed E-state index contributed by atoms with van der Waals surface area (Å²) in [6, 6.07) is 8.37. The van der Waals surface area contributed by atoms with E-state index in [0.29, 0.717) is 5.75 Å². The van der Waals surface area contributed by atoms with Crippen LogP contribution in [0.4, 0.5) is 5.69 Å². The molecule has 2 nitrogen and oxygen atoms in total. The summed E-state index contributed by atoms with van der Waals surface area (Å²) >= 11 is 0. The Hall–Kier alpha value is -1.18. The van der Waals surface area contributed by atoms with Crippen molar-refractivity contribution < 1.29 is 5.11 Å². The van der Waals surface area contributed by atoms with Gasteiger partial charge in [0.2, 0.25) is 0 Å². The lowest BCUT2D eigenvalue weighted by Gasteiger charge is -2.28. The van der Waals surface area contributed by atoms with Gasteiger partial charge in [-0.25, -0.2) is 0 Å². The quantitative estimate of drug-likeness (QED) is 0.709. The van der Waals surface area contributed by atoms with Crippen LogP contribution in [0.3, 0.4) is 0 Å². The van der Waals surface area contributed by atoms with Gasteiger partial charge < -0.3 is 10.0 Å². The van der Waals surface area contributed by atoms with Crippen LogP contribution in [0.5, 0.6) is 5.75 Å². The van der Waals surface area contributed by atoms with Crippen molar-refractivity contribution in [2.24, 2.45) is 0 Å². The smallest absolute Gasteiger partial charge is 0.116 e. The van der Waals surface area contributed by atoms with Crippen molar-refractivity contribution >= 4 is 5.69 Å². The number of phenols is 1. The molecule has 0 aliphatic carbocycles. The summed E-state index contributed by atoms with van der Waals surface area (Å²) < 4.78 is 0. The molecule has 1 aliphatic rings. The van der Waals surface area contributed by atoms with Crippen molar-refractivity contribution in [2.45, 2.75) is 19.3 Å². The van der Waals surface area contributed by atoms with E-state index < -0.39 is 0 Å². The number of piperidine rings is 1. The molecule has 13 heavy (non-hydrogen) atoms. The third kappa shape index (κ3) is 1.94. The molecule has 2 heteroatoms. The average Bonchev–Trinajstić information content (AvgIpc) is 2.20. The first-order valence-corrected chi connectivity index (χ1v) is 4.82. The summed E-state index contributed by atoms with van der Waals surface area (Å²) in [5, 5.41) is 9.11. The lowest BCUT2D eigenvalue weighted by atomic mass is 10.1. The van der Waals surface area contributed by atoms with Crippen molar-refractivity contribution in [3.05, 3.63) is 24.3 Å². The van der Waals surface area contributed by atoms with Crippen LogP contribution in [0.25, 0.3) is 0 Å². The molecule has 0 aromatic heterocycles. The van der Waals surface area contributed by atoms with E-state index >= 15 is 0 Å². The maximum absolute atomic E-state index is 9.11. The zero-order chi connectivity index (χ0) is 9.10. The normalized spacial score (nSPS) is 17.4. The van der Waals surface area contributed by atoms with E-state index in [9.17, 15) is 0 Å². The number of phenolic OH excluding ortho intramolecular Hbond substituents is 1. The van der Waals surface area contributed by atoms with Crippen LogP contribution in [0.2, 0.25) is 0 Å². The number of aromatic hydroxyl groups is 1. The Morgan fingerprint density at radius 3 is 2.54 bits per heavy atom. The Kier molecular flexibility index (Phi) is 2.39. The van der Waals surface area contributed by atoms with E-state index in [2.05, 4.69) is 11.0 Å². The molecule has 0 atom stereocenters. The van der Waals surface area contributed by atoms with E-state index in [4.69, 9.17) is 5.11 Å². The fourth-order valence-corrected chi connectivity index (χ4v) is 1.74. The fraction of sp³-hybridized carbons (Fsp3) is 0.455. The second-order valence-corrected chi connectivity index (χ2v) is 3.48. The van der Waals surface area contributed by atoms with Gasteiger partial charge in [0.15, 0.2) is 0 Å². The standard InChI is InChI=1S/C11H14NO/c13-11-6-4-10(5-7-11)12-8-2-1-3-9-12/h4,6-7,13H,1-3,8-9H2. The SMILES string of the molecule is Oc1c[c]c(N2CCCCC2)cc1. The van der Waals surface area contributed by atoms with Gasteiger partial charge in [-0.2, -0.15) is 0 Å². The molecule has 2 rings (SSSR count). The highest BCUT2D eigenvalue weighted by molar-refractivity contribution is 5.47. The Balaban J connectivity index is 2.10. The molecular formula is C11H14NO. The number of nitrogens with zero attached hydrogens (tertiary/aromatic N) is 1. The van der Waals surface area contributed by atoms with Gasteiger partial charge in [-0.1, -0.05) is 0 Å². The lowest BCUT2D eigenvalue weighted by Crippen LogP contribution is -2.29. The van der Waals surface area contributed by atoms with Gasteiger partial charge in [0, 0.05) is 24.8 Å². The Bertz CT molecular complexity index is 262.